The molecular formula is C24H21N3O2. The highest BCUT2D eigenvalue weighted by atomic mass is 16.5. The number of H-pyrrole nitrogens is 1. The van der Waals surface area contributed by atoms with Crippen LogP contribution in [0.15, 0.2) is 67.0 Å². The number of carbonyl (C=O) groups excluding carboxylic acids is 1. The third kappa shape index (κ3) is 3.05. The van der Waals surface area contributed by atoms with Gasteiger partial charge in [-0.05, 0) is 42.3 Å². The molecule has 0 bridgehead atoms. The van der Waals surface area contributed by atoms with Gasteiger partial charge < -0.3 is 14.6 Å². The molecule has 0 spiro atoms. The van der Waals surface area contributed by atoms with Crippen molar-refractivity contribution in [2.45, 2.75) is 6.42 Å². The van der Waals surface area contributed by atoms with Gasteiger partial charge in [0.05, 0.1) is 18.2 Å². The van der Waals surface area contributed by atoms with Gasteiger partial charge in [-0.15, -0.1) is 0 Å². The van der Waals surface area contributed by atoms with E-state index in [9.17, 15) is 4.79 Å². The number of ether oxygens (including phenoxy) is 1. The van der Waals surface area contributed by atoms with E-state index in [0.717, 1.165) is 34.0 Å². The molecule has 1 aliphatic rings. The summed E-state index contributed by atoms with van der Waals surface area (Å²) in [6.45, 7) is 1.28. The van der Waals surface area contributed by atoms with E-state index in [-0.39, 0.29) is 5.91 Å². The number of pyridine rings is 1. The number of methoxy groups -OCH3 is 1. The first kappa shape index (κ1) is 17.5. The van der Waals surface area contributed by atoms with Crippen LogP contribution in [0.3, 0.4) is 0 Å². The Bertz CT molecular complexity index is 1250. The molecule has 1 aliphatic heterocycles. The zero-order chi connectivity index (χ0) is 19.8. The molecule has 2 aromatic carbocycles. The fraction of sp³-hybridized carbons (Fsp3) is 0.167. The summed E-state index contributed by atoms with van der Waals surface area (Å²) < 4.78 is 5.37. The van der Waals surface area contributed by atoms with E-state index >= 15 is 0 Å². The van der Waals surface area contributed by atoms with Crippen LogP contribution >= 0.6 is 0 Å². The Morgan fingerprint density at radius 2 is 2.07 bits per heavy atom. The number of hydrogen-bond donors (Lipinski definition) is 1. The van der Waals surface area contributed by atoms with E-state index in [1.807, 2.05) is 53.6 Å². The van der Waals surface area contributed by atoms with E-state index in [1.165, 1.54) is 11.1 Å². The molecule has 0 saturated heterocycles. The number of para-hydroxylation sites is 1. The van der Waals surface area contributed by atoms with Crippen LogP contribution in [0, 0.1) is 0 Å². The molecule has 144 valence electrons. The Balaban J connectivity index is 1.43. The number of hydrogen-bond acceptors (Lipinski definition) is 3. The van der Waals surface area contributed by atoms with Crippen LogP contribution in [0.5, 0.6) is 5.75 Å². The van der Waals surface area contributed by atoms with Crippen LogP contribution in [0.25, 0.3) is 27.4 Å². The largest absolute Gasteiger partial charge is 0.497 e. The smallest absolute Gasteiger partial charge is 0.256 e. The third-order valence-corrected chi connectivity index (χ3v) is 5.59. The van der Waals surface area contributed by atoms with E-state index < -0.39 is 0 Å². The number of amides is 1. The Hall–Kier alpha value is -3.60. The molecule has 0 aliphatic carbocycles. The second-order valence-corrected chi connectivity index (χ2v) is 7.23. The lowest BCUT2D eigenvalue weighted by Crippen LogP contribution is -2.34. The van der Waals surface area contributed by atoms with Crippen molar-refractivity contribution in [1.29, 1.82) is 0 Å². The van der Waals surface area contributed by atoms with Crippen molar-refractivity contribution in [2.75, 3.05) is 20.2 Å². The lowest BCUT2D eigenvalue weighted by molar-refractivity contribution is 0.0774. The first-order valence-electron chi connectivity index (χ1n) is 9.72. The van der Waals surface area contributed by atoms with Gasteiger partial charge in [-0.3, -0.25) is 9.78 Å². The van der Waals surface area contributed by atoms with Crippen LogP contribution in [-0.2, 0) is 0 Å². The van der Waals surface area contributed by atoms with Gasteiger partial charge in [-0.2, -0.15) is 0 Å². The molecule has 2 aromatic heterocycles. The summed E-state index contributed by atoms with van der Waals surface area (Å²) in [7, 11) is 1.68. The molecule has 1 N–H and O–H groups in total. The van der Waals surface area contributed by atoms with Crippen molar-refractivity contribution in [3.8, 4) is 5.75 Å². The summed E-state index contributed by atoms with van der Waals surface area (Å²) in [4.78, 5) is 22.8. The van der Waals surface area contributed by atoms with Gasteiger partial charge in [0.1, 0.15) is 5.75 Å². The first-order chi connectivity index (χ1) is 14.2. The molecular weight excluding hydrogens is 362 g/mol. The van der Waals surface area contributed by atoms with Gasteiger partial charge in [0.25, 0.3) is 5.91 Å². The van der Waals surface area contributed by atoms with Crippen LogP contribution < -0.4 is 4.74 Å². The maximum Gasteiger partial charge on any atom is 0.256 e. The quantitative estimate of drug-likeness (QED) is 0.560. The fourth-order valence-corrected chi connectivity index (χ4v) is 4.04. The Kier molecular flexibility index (Phi) is 4.28. The summed E-state index contributed by atoms with van der Waals surface area (Å²) in [5.74, 6) is 0.875. The van der Waals surface area contributed by atoms with Crippen molar-refractivity contribution in [3.05, 3.63) is 78.1 Å². The van der Waals surface area contributed by atoms with Gasteiger partial charge >= 0.3 is 0 Å². The zero-order valence-corrected chi connectivity index (χ0v) is 16.2. The maximum atomic E-state index is 13.1. The number of fused-ring (bicyclic) bond motifs is 2. The van der Waals surface area contributed by atoms with Crippen LogP contribution in [0.4, 0.5) is 0 Å². The van der Waals surface area contributed by atoms with Crippen molar-refractivity contribution >= 4 is 33.3 Å². The third-order valence-electron chi connectivity index (χ3n) is 5.59. The molecule has 0 radical (unpaired) electrons. The number of aromatic nitrogens is 2. The Morgan fingerprint density at radius 3 is 2.90 bits per heavy atom. The Morgan fingerprint density at radius 1 is 1.17 bits per heavy atom. The molecule has 5 rings (SSSR count). The highest BCUT2D eigenvalue weighted by Gasteiger charge is 2.22. The average molecular weight is 383 g/mol. The van der Waals surface area contributed by atoms with Crippen LogP contribution in [0.1, 0.15) is 22.3 Å². The summed E-state index contributed by atoms with van der Waals surface area (Å²) in [5, 5.41) is 2.13. The first-order valence-corrected chi connectivity index (χ1v) is 9.72. The zero-order valence-electron chi connectivity index (χ0n) is 16.2. The number of aromatic amines is 1. The van der Waals surface area contributed by atoms with Crippen molar-refractivity contribution < 1.29 is 9.53 Å². The lowest BCUT2D eigenvalue weighted by Gasteiger charge is -2.27. The monoisotopic (exact) mass is 383 g/mol. The SMILES string of the molecule is COc1ccc2[nH]cc(C3=CCN(C(=O)c4cccc5cccnc45)CC3)c2c1. The van der Waals surface area contributed by atoms with Gasteiger partial charge in [0.2, 0.25) is 0 Å². The molecule has 3 heterocycles. The summed E-state index contributed by atoms with van der Waals surface area (Å²) in [6.07, 6.45) is 6.75. The maximum absolute atomic E-state index is 13.1. The molecule has 0 unspecified atom stereocenters. The minimum absolute atomic E-state index is 0.0326. The van der Waals surface area contributed by atoms with Gasteiger partial charge in [-0.25, -0.2) is 0 Å². The molecule has 0 atom stereocenters. The van der Waals surface area contributed by atoms with Crippen molar-refractivity contribution in [3.63, 3.8) is 0 Å². The second-order valence-electron chi connectivity index (χ2n) is 7.23. The topological polar surface area (TPSA) is 58.2 Å². The van der Waals surface area contributed by atoms with Gasteiger partial charge in [0, 0.05) is 47.3 Å². The Labute approximate surface area is 168 Å². The fourth-order valence-electron chi connectivity index (χ4n) is 4.04. The second kappa shape index (κ2) is 7.09. The molecule has 0 fully saturated rings. The number of benzene rings is 2. The normalized spacial score (nSPS) is 14.2. The number of carbonyl (C=O) groups is 1. The molecule has 5 heteroatoms. The standard InChI is InChI=1S/C24H21N3O2/c1-29-18-7-8-22-20(14-18)21(15-26-22)16-9-12-27(13-10-16)24(28)19-6-2-4-17-5-3-11-25-23(17)19/h2-9,11,14-15,26H,10,12-13H2,1H3. The van der Waals surface area contributed by atoms with E-state index in [1.54, 1.807) is 13.3 Å². The van der Waals surface area contributed by atoms with E-state index in [0.29, 0.717) is 18.7 Å². The predicted molar refractivity (Wildman–Crippen MR) is 115 cm³/mol. The number of nitrogens with one attached hydrogen (secondary N) is 1. The van der Waals surface area contributed by atoms with Gasteiger partial charge in [-0.1, -0.05) is 24.3 Å². The average Bonchev–Trinajstić information content (AvgIpc) is 3.21. The number of nitrogens with zero attached hydrogens (tertiary/aromatic N) is 2. The molecule has 0 saturated carbocycles. The van der Waals surface area contributed by atoms with Crippen molar-refractivity contribution in [1.82, 2.24) is 14.9 Å². The van der Waals surface area contributed by atoms with E-state index in [2.05, 4.69) is 22.1 Å². The minimum atomic E-state index is 0.0326. The highest BCUT2D eigenvalue weighted by Crippen LogP contribution is 2.32. The minimum Gasteiger partial charge on any atom is -0.497 e. The molecule has 29 heavy (non-hydrogen) atoms. The van der Waals surface area contributed by atoms with Crippen LogP contribution in [-0.4, -0.2) is 41.0 Å². The molecule has 1 amide bonds. The lowest BCUT2D eigenvalue weighted by atomic mass is 9.98. The number of rotatable bonds is 3. The molecule has 5 nitrogen and oxygen atoms in total. The summed E-state index contributed by atoms with van der Waals surface area (Å²) >= 11 is 0. The van der Waals surface area contributed by atoms with E-state index in [4.69, 9.17) is 4.74 Å². The van der Waals surface area contributed by atoms with Crippen LogP contribution in [0.2, 0.25) is 0 Å². The predicted octanol–water partition coefficient (Wildman–Crippen LogP) is 4.65. The summed E-state index contributed by atoms with van der Waals surface area (Å²) in [6, 6.07) is 15.7. The summed E-state index contributed by atoms with van der Waals surface area (Å²) in [5.41, 5.74) is 4.94. The van der Waals surface area contributed by atoms with Gasteiger partial charge in [0.15, 0.2) is 0 Å². The highest BCUT2D eigenvalue weighted by molar-refractivity contribution is 6.05. The van der Waals surface area contributed by atoms with Crippen molar-refractivity contribution in [2.24, 2.45) is 0 Å². The molecule has 4 aromatic rings.